The highest BCUT2D eigenvalue weighted by molar-refractivity contribution is 14.1. The van der Waals surface area contributed by atoms with E-state index in [0.717, 1.165) is 9.13 Å². The van der Waals surface area contributed by atoms with Crippen LogP contribution in [0.3, 0.4) is 0 Å². The predicted octanol–water partition coefficient (Wildman–Crippen LogP) is 3.63. The molecule has 0 aliphatic heterocycles. The Hall–Kier alpha value is 0.200. The minimum absolute atomic E-state index is 0.441. The van der Waals surface area contributed by atoms with Gasteiger partial charge >= 0.3 is 0 Å². The molecule has 0 heterocycles. The summed E-state index contributed by atoms with van der Waals surface area (Å²) < 4.78 is 0.948. The number of rotatable bonds is 1. The van der Waals surface area contributed by atoms with Crippen LogP contribution in [0.25, 0.3) is 0 Å². The molecule has 0 fully saturated rings. The standard InChI is InChI=1S/C8H5Cl2IO/c1-4-6(9)2-5(8(10)12)3-7(4)11/h2-3H,1H3. The van der Waals surface area contributed by atoms with Crippen molar-refractivity contribution in [3.8, 4) is 0 Å². The van der Waals surface area contributed by atoms with E-state index in [2.05, 4.69) is 22.6 Å². The second-order valence-corrected chi connectivity index (χ2v) is 4.25. The van der Waals surface area contributed by atoms with Gasteiger partial charge in [-0.2, -0.15) is 0 Å². The van der Waals surface area contributed by atoms with Gasteiger partial charge in [0.1, 0.15) is 0 Å². The maximum absolute atomic E-state index is 10.8. The lowest BCUT2D eigenvalue weighted by Crippen LogP contribution is -1.92. The lowest BCUT2D eigenvalue weighted by Gasteiger charge is -2.02. The highest BCUT2D eigenvalue weighted by Gasteiger charge is 2.07. The summed E-state index contributed by atoms with van der Waals surface area (Å²) in [5.41, 5.74) is 1.41. The van der Waals surface area contributed by atoms with Gasteiger partial charge in [-0.25, -0.2) is 0 Å². The Morgan fingerprint density at radius 1 is 1.50 bits per heavy atom. The molecule has 0 aromatic heterocycles. The molecule has 4 heteroatoms. The third-order valence-corrected chi connectivity index (χ3v) is 3.24. The number of hydrogen-bond donors (Lipinski definition) is 0. The van der Waals surface area contributed by atoms with E-state index in [0.29, 0.717) is 10.6 Å². The second-order valence-electron chi connectivity index (χ2n) is 2.34. The number of halogens is 3. The minimum atomic E-state index is -0.477. The third kappa shape index (κ3) is 2.12. The van der Waals surface area contributed by atoms with Gasteiger partial charge in [-0.05, 0) is 58.8 Å². The Morgan fingerprint density at radius 3 is 2.50 bits per heavy atom. The van der Waals surface area contributed by atoms with Crippen molar-refractivity contribution in [3.63, 3.8) is 0 Å². The van der Waals surface area contributed by atoms with Crippen molar-refractivity contribution in [1.29, 1.82) is 0 Å². The van der Waals surface area contributed by atoms with E-state index < -0.39 is 5.24 Å². The molecule has 0 bridgehead atoms. The maximum atomic E-state index is 10.8. The fourth-order valence-electron chi connectivity index (χ4n) is 0.759. The lowest BCUT2D eigenvalue weighted by molar-refractivity contribution is 0.108. The molecule has 64 valence electrons. The van der Waals surface area contributed by atoms with Gasteiger partial charge in [0.2, 0.25) is 0 Å². The van der Waals surface area contributed by atoms with Gasteiger partial charge in [0.15, 0.2) is 0 Å². The lowest BCUT2D eigenvalue weighted by atomic mass is 10.2. The summed E-state index contributed by atoms with van der Waals surface area (Å²) in [5.74, 6) is 0. The van der Waals surface area contributed by atoms with Crippen LogP contribution in [0.5, 0.6) is 0 Å². The molecule has 1 aromatic carbocycles. The first-order chi connectivity index (χ1) is 5.52. The molecular formula is C8H5Cl2IO. The molecule has 0 amide bonds. The van der Waals surface area contributed by atoms with Crippen molar-refractivity contribution in [2.45, 2.75) is 6.92 Å². The van der Waals surface area contributed by atoms with Crippen LogP contribution < -0.4 is 0 Å². The Bertz CT molecular complexity index is 313. The molecule has 0 N–H and O–H groups in total. The summed E-state index contributed by atoms with van der Waals surface area (Å²) >= 11 is 13.3. The third-order valence-electron chi connectivity index (χ3n) is 1.51. The van der Waals surface area contributed by atoms with Crippen molar-refractivity contribution in [2.24, 2.45) is 0 Å². The van der Waals surface area contributed by atoms with Crippen LogP contribution in [-0.4, -0.2) is 5.24 Å². The molecule has 1 aromatic rings. The van der Waals surface area contributed by atoms with Crippen molar-refractivity contribution in [1.82, 2.24) is 0 Å². The average molecular weight is 315 g/mol. The first-order valence-corrected chi connectivity index (χ1v) is 5.01. The van der Waals surface area contributed by atoms with Gasteiger partial charge in [0, 0.05) is 14.2 Å². The zero-order valence-corrected chi connectivity index (χ0v) is 9.87. The highest BCUT2D eigenvalue weighted by atomic mass is 127. The number of carbonyl (C=O) groups is 1. The van der Waals surface area contributed by atoms with E-state index in [-0.39, 0.29) is 0 Å². The molecule has 1 nitrogen and oxygen atoms in total. The molecule has 0 aliphatic rings. The Kier molecular flexibility index (Phi) is 3.37. The summed E-state index contributed by atoms with van der Waals surface area (Å²) in [5, 5.41) is 0.0979. The van der Waals surface area contributed by atoms with Crippen LogP contribution in [0.15, 0.2) is 12.1 Å². The van der Waals surface area contributed by atoms with Gasteiger partial charge in [-0.15, -0.1) is 0 Å². The monoisotopic (exact) mass is 314 g/mol. The SMILES string of the molecule is Cc1c(Cl)cc(C(=O)Cl)cc1I. The zero-order chi connectivity index (χ0) is 9.30. The van der Waals surface area contributed by atoms with Gasteiger partial charge in [-0.1, -0.05) is 11.6 Å². The van der Waals surface area contributed by atoms with Crippen LogP contribution in [0.2, 0.25) is 5.02 Å². The molecule has 0 atom stereocenters. The van der Waals surface area contributed by atoms with Crippen LogP contribution in [0.4, 0.5) is 0 Å². The van der Waals surface area contributed by atoms with E-state index >= 15 is 0 Å². The molecule has 0 unspecified atom stereocenters. The van der Waals surface area contributed by atoms with Crippen molar-refractivity contribution >= 4 is 51.0 Å². The van der Waals surface area contributed by atoms with Gasteiger partial charge in [0.25, 0.3) is 5.24 Å². The molecular weight excluding hydrogens is 310 g/mol. The summed E-state index contributed by atoms with van der Waals surface area (Å²) in [6, 6.07) is 3.30. The Labute approximate surface area is 94.2 Å². The summed E-state index contributed by atoms with van der Waals surface area (Å²) in [4.78, 5) is 10.8. The molecule has 0 radical (unpaired) electrons. The van der Waals surface area contributed by atoms with Crippen molar-refractivity contribution in [3.05, 3.63) is 31.9 Å². The summed E-state index contributed by atoms with van der Waals surface area (Å²) in [6.07, 6.45) is 0. The Morgan fingerprint density at radius 2 is 2.08 bits per heavy atom. The molecule has 0 aliphatic carbocycles. The van der Waals surface area contributed by atoms with E-state index in [1.165, 1.54) is 0 Å². The van der Waals surface area contributed by atoms with E-state index in [1.807, 2.05) is 6.92 Å². The maximum Gasteiger partial charge on any atom is 0.252 e. The summed E-state index contributed by atoms with van der Waals surface area (Å²) in [6.45, 7) is 1.90. The first kappa shape index (κ1) is 10.3. The summed E-state index contributed by atoms with van der Waals surface area (Å²) in [7, 11) is 0. The quantitative estimate of drug-likeness (QED) is 0.571. The highest BCUT2D eigenvalue weighted by Crippen LogP contribution is 2.23. The van der Waals surface area contributed by atoms with Gasteiger partial charge < -0.3 is 0 Å². The van der Waals surface area contributed by atoms with Crippen LogP contribution in [-0.2, 0) is 0 Å². The van der Waals surface area contributed by atoms with Crippen LogP contribution in [0.1, 0.15) is 15.9 Å². The number of carbonyl (C=O) groups excluding carboxylic acids is 1. The van der Waals surface area contributed by atoms with Crippen molar-refractivity contribution in [2.75, 3.05) is 0 Å². The van der Waals surface area contributed by atoms with Gasteiger partial charge in [0.05, 0.1) is 0 Å². The fourth-order valence-corrected chi connectivity index (χ4v) is 1.87. The van der Waals surface area contributed by atoms with E-state index in [1.54, 1.807) is 12.1 Å². The first-order valence-electron chi connectivity index (χ1n) is 3.18. The average Bonchev–Trinajstić information content (AvgIpc) is 1.99. The Balaban J connectivity index is 3.31. The minimum Gasteiger partial charge on any atom is -0.276 e. The number of benzene rings is 1. The normalized spacial score (nSPS) is 10.0. The smallest absolute Gasteiger partial charge is 0.252 e. The van der Waals surface area contributed by atoms with Crippen LogP contribution in [0, 0.1) is 10.5 Å². The number of hydrogen-bond acceptors (Lipinski definition) is 1. The molecule has 0 saturated carbocycles. The topological polar surface area (TPSA) is 17.1 Å². The predicted molar refractivity (Wildman–Crippen MR) is 59.1 cm³/mol. The fraction of sp³-hybridized carbons (Fsp3) is 0.125. The van der Waals surface area contributed by atoms with Crippen LogP contribution >= 0.6 is 45.8 Å². The molecule has 0 spiro atoms. The van der Waals surface area contributed by atoms with Crippen molar-refractivity contribution < 1.29 is 4.79 Å². The van der Waals surface area contributed by atoms with E-state index in [4.69, 9.17) is 23.2 Å². The van der Waals surface area contributed by atoms with Gasteiger partial charge in [-0.3, -0.25) is 4.79 Å². The second kappa shape index (κ2) is 3.94. The zero-order valence-electron chi connectivity index (χ0n) is 6.20. The largest absolute Gasteiger partial charge is 0.276 e. The molecule has 0 saturated heterocycles. The molecule has 12 heavy (non-hydrogen) atoms. The molecule has 1 rings (SSSR count). The van der Waals surface area contributed by atoms with E-state index in [9.17, 15) is 4.79 Å².